The van der Waals surface area contributed by atoms with Crippen LogP contribution in [0.1, 0.15) is 35.3 Å². The standard InChI is InChI=1S/C28H27BrN4O4/c1-3-33(4-2)22-12-10-19(11-13-22)14-24(31-27(34)20-8-6-5-7-9-20)28(35)32-30-17-21-15-25-26(16-23(21)29)37-18-36-25/h5-17H,3-4,18H2,1-2H3,(H,31,34)(H,32,35)/b24-14+,30-17+. The highest BCUT2D eigenvalue weighted by Crippen LogP contribution is 2.36. The zero-order valence-electron chi connectivity index (χ0n) is 20.5. The molecule has 0 unspecified atom stereocenters. The third kappa shape index (κ3) is 6.56. The van der Waals surface area contributed by atoms with Gasteiger partial charge in [-0.05, 0) is 77.8 Å². The molecule has 190 valence electrons. The van der Waals surface area contributed by atoms with Crippen LogP contribution in [0.3, 0.4) is 0 Å². The topological polar surface area (TPSA) is 92.3 Å². The summed E-state index contributed by atoms with van der Waals surface area (Å²) in [5.41, 5.74) is 5.53. The van der Waals surface area contributed by atoms with Gasteiger partial charge in [0.05, 0.1) is 6.21 Å². The summed E-state index contributed by atoms with van der Waals surface area (Å²) in [6.07, 6.45) is 3.10. The average Bonchev–Trinajstić information content (AvgIpc) is 3.37. The van der Waals surface area contributed by atoms with E-state index >= 15 is 0 Å². The summed E-state index contributed by atoms with van der Waals surface area (Å²) in [6, 6.07) is 20.0. The van der Waals surface area contributed by atoms with E-state index in [0.717, 1.165) is 28.8 Å². The maximum Gasteiger partial charge on any atom is 0.287 e. The molecule has 1 aliphatic heterocycles. The van der Waals surface area contributed by atoms with E-state index in [2.05, 4.69) is 50.5 Å². The van der Waals surface area contributed by atoms with Gasteiger partial charge in [-0.25, -0.2) is 5.43 Å². The lowest BCUT2D eigenvalue weighted by atomic mass is 10.1. The number of ether oxygens (including phenoxy) is 2. The Kier molecular flexibility index (Phi) is 8.58. The van der Waals surface area contributed by atoms with Crippen LogP contribution in [-0.2, 0) is 4.79 Å². The summed E-state index contributed by atoms with van der Waals surface area (Å²) >= 11 is 3.46. The van der Waals surface area contributed by atoms with Gasteiger partial charge in [0, 0.05) is 34.4 Å². The molecule has 3 aromatic carbocycles. The van der Waals surface area contributed by atoms with Crippen molar-refractivity contribution in [1.82, 2.24) is 10.7 Å². The van der Waals surface area contributed by atoms with Gasteiger partial charge in [-0.3, -0.25) is 9.59 Å². The Labute approximate surface area is 224 Å². The number of amides is 2. The minimum atomic E-state index is -0.565. The van der Waals surface area contributed by atoms with Crippen LogP contribution in [0.5, 0.6) is 11.5 Å². The molecule has 0 aromatic heterocycles. The number of benzene rings is 3. The van der Waals surface area contributed by atoms with E-state index in [-0.39, 0.29) is 12.5 Å². The Morgan fingerprint density at radius 3 is 2.35 bits per heavy atom. The quantitative estimate of drug-likeness (QED) is 0.219. The third-order valence-corrected chi connectivity index (χ3v) is 6.41. The lowest BCUT2D eigenvalue weighted by molar-refractivity contribution is -0.117. The first-order valence-corrected chi connectivity index (χ1v) is 12.6. The molecule has 0 saturated carbocycles. The number of carbonyl (C=O) groups is 2. The molecule has 0 spiro atoms. The molecule has 0 bridgehead atoms. The largest absolute Gasteiger partial charge is 0.454 e. The fourth-order valence-corrected chi connectivity index (χ4v) is 4.16. The lowest BCUT2D eigenvalue weighted by Gasteiger charge is -2.21. The number of carbonyl (C=O) groups excluding carboxylic acids is 2. The first-order chi connectivity index (χ1) is 18.0. The molecule has 2 N–H and O–H groups in total. The Morgan fingerprint density at radius 2 is 1.68 bits per heavy atom. The molecule has 0 atom stereocenters. The molecule has 1 aliphatic rings. The number of hydrogen-bond acceptors (Lipinski definition) is 6. The summed E-state index contributed by atoms with van der Waals surface area (Å²) < 4.78 is 11.5. The van der Waals surface area contributed by atoms with Gasteiger partial charge in [0.15, 0.2) is 11.5 Å². The maximum atomic E-state index is 13.1. The van der Waals surface area contributed by atoms with Crippen molar-refractivity contribution in [2.75, 3.05) is 24.8 Å². The molecule has 0 fully saturated rings. The minimum absolute atomic E-state index is 0.0614. The first-order valence-electron chi connectivity index (χ1n) is 11.8. The fraction of sp³-hybridized carbons (Fsp3) is 0.179. The van der Waals surface area contributed by atoms with Crippen LogP contribution in [0.15, 0.2) is 82.0 Å². The molecule has 0 radical (unpaired) electrons. The zero-order chi connectivity index (χ0) is 26.2. The van der Waals surface area contributed by atoms with E-state index in [1.807, 2.05) is 30.3 Å². The van der Waals surface area contributed by atoms with Crippen LogP contribution in [0.2, 0.25) is 0 Å². The predicted octanol–water partition coefficient (Wildman–Crippen LogP) is 4.95. The lowest BCUT2D eigenvalue weighted by Crippen LogP contribution is -2.32. The van der Waals surface area contributed by atoms with Crippen molar-refractivity contribution in [1.29, 1.82) is 0 Å². The summed E-state index contributed by atoms with van der Waals surface area (Å²) in [4.78, 5) is 28.1. The Morgan fingerprint density at radius 1 is 1.00 bits per heavy atom. The number of rotatable bonds is 9. The van der Waals surface area contributed by atoms with Gasteiger partial charge >= 0.3 is 0 Å². The van der Waals surface area contributed by atoms with Crippen LogP contribution < -0.4 is 25.1 Å². The highest BCUT2D eigenvalue weighted by molar-refractivity contribution is 9.10. The van der Waals surface area contributed by atoms with Crippen LogP contribution in [0.25, 0.3) is 6.08 Å². The maximum absolute atomic E-state index is 13.1. The van der Waals surface area contributed by atoms with E-state index in [9.17, 15) is 9.59 Å². The first kappa shape index (κ1) is 26.0. The van der Waals surface area contributed by atoms with Crippen molar-refractivity contribution in [2.24, 2.45) is 5.10 Å². The normalized spacial score (nSPS) is 12.5. The number of hydrazone groups is 1. The summed E-state index contributed by atoms with van der Waals surface area (Å²) in [5.74, 6) is 0.267. The molecule has 37 heavy (non-hydrogen) atoms. The van der Waals surface area contributed by atoms with Gasteiger partial charge in [0.1, 0.15) is 5.70 Å². The minimum Gasteiger partial charge on any atom is -0.454 e. The molecule has 2 amide bonds. The molecule has 1 heterocycles. The smallest absolute Gasteiger partial charge is 0.287 e. The fourth-order valence-electron chi connectivity index (χ4n) is 3.73. The van der Waals surface area contributed by atoms with Crippen molar-refractivity contribution >= 4 is 45.7 Å². The van der Waals surface area contributed by atoms with Crippen LogP contribution in [0, 0.1) is 0 Å². The van der Waals surface area contributed by atoms with Gasteiger partial charge in [0.2, 0.25) is 6.79 Å². The van der Waals surface area contributed by atoms with Crippen molar-refractivity contribution < 1.29 is 19.1 Å². The molecular weight excluding hydrogens is 536 g/mol. The monoisotopic (exact) mass is 562 g/mol. The molecule has 0 saturated heterocycles. The number of hydrogen-bond donors (Lipinski definition) is 2. The summed E-state index contributed by atoms with van der Waals surface area (Å²) in [6.45, 7) is 6.14. The van der Waals surface area contributed by atoms with Crippen molar-refractivity contribution in [3.8, 4) is 11.5 Å². The Bertz CT molecular complexity index is 1320. The average molecular weight is 563 g/mol. The molecule has 3 aromatic rings. The van der Waals surface area contributed by atoms with E-state index < -0.39 is 11.8 Å². The highest BCUT2D eigenvalue weighted by atomic mass is 79.9. The number of fused-ring (bicyclic) bond motifs is 1. The van der Waals surface area contributed by atoms with Crippen molar-refractivity contribution in [3.63, 3.8) is 0 Å². The van der Waals surface area contributed by atoms with Gasteiger partial charge in [0.25, 0.3) is 11.8 Å². The second kappa shape index (κ2) is 12.2. The van der Waals surface area contributed by atoms with Gasteiger partial charge in [-0.15, -0.1) is 0 Å². The van der Waals surface area contributed by atoms with E-state index in [1.54, 1.807) is 42.5 Å². The number of nitrogens with zero attached hydrogens (tertiary/aromatic N) is 2. The predicted molar refractivity (Wildman–Crippen MR) is 148 cm³/mol. The van der Waals surface area contributed by atoms with Gasteiger partial charge < -0.3 is 19.7 Å². The van der Waals surface area contributed by atoms with Gasteiger partial charge in [-0.2, -0.15) is 5.10 Å². The van der Waals surface area contributed by atoms with Crippen LogP contribution >= 0.6 is 15.9 Å². The van der Waals surface area contributed by atoms with E-state index in [1.165, 1.54) is 6.21 Å². The van der Waals surface area contributed by atoms with E-state index in [4.69, 9.17) is 9.47 Å². The number of anilines is 1. The third-order valence-electron chi connectivity index (χ3n) is 5.72. The number of halogens is 1. The molecule has 9 heteroatoms. The summed E-state index contributed by atoms with van der Waals surface area (Å²) in [5, 5.41) is 6.80. The highest BCUT2D eigenvalue weighted by Gasteiger charge is 2.17. The molecule has 4 rings (SSSR count). The van der Waals surface area contributed by atoms with Crippen molar-refractivity contribution in [3.05, 3.63) is 93.6 Å². The number of nitrogens with one attached hydrogen (secondary N) is 2. The Balaban J connectivity index is 1.54. The van der Waals surface area contributed by atoms with Crippen LogP contribution in [-0.4, -0.2) is 37.9 Å². The molecule has 0 aliphatic carbocycles. The van der Waals surface area contributed by atoms with Gasteiger partial charge in [-0.1, -0.05) is 30.3 Å². The van der Waals surface area contributed by atoms with Crippen LogP contribution in [0.4, 0.5) is 5.69 Å². The van der Waals surface area contributed by atoms with Crippen molar-refractivity contribution in [2.45, 2.75) is 13.8 Å². The second-order valence-corrected chi connectivity index (χ2v) is 8.92. The molecule has 8 nitrogen and oxygen atoms in total. The Hall–Kier alpha value is -4.11. The zero-order valence-corrected chi connectivity index (χ0v) is 22.1. The SMILES string of the molecule is CCN(CC)c1ccc(/C=C(/NC(=O)c2ccccc2)C(=O)N/N=C/c2cc3c(cc2Br)OCO3)cc1. The molecular formula is C28H27BrN4O4. The van der Waals surface area contributed by atoms with E-state index in [0.29, 0.717) is 22.6 Å². The second-order valence-electron chi connectivity index (χ2n) is 8.07. The summed E-state index contributed by atoms with van der Waals surface area (Å²) in [7, 11) is 0.